The van der Waals surface area contributed by atoms with Gasteiger partial charge in [-0.2, -0.15) is 0 Å². The van der Waals surface area contributed by atoms with Crippen LogP contribution in [-0.2, 0) is 11.2 Å². The average Bonchev–Trinajstić information content (AvgIpc) is 2.98. The number of aromatic amines is 1. The number of carboxylic acids is 1. The van der Waals surface area contributed by atoms with Crippen LogP contribution in [0.3, 0.4) is 0 Å². The highest BCUT2D eigenvalue weighted by Crippen LogP contribution is 2.43. The summed E-state index contributed by atoms with van der Waals surface area (Å²) in [6, 6.07) is 8.53. The van der Waals surface area contributed by atoms with Crippen molar-refractivity contribution in [1.82, 2.24) is 4.98 Å². The number of aromatic nitrogens is 1. The first-order chi connectivity index (χ1) is 11.6. The highest BCUT2D eigenvalue weighted by molar-refractivity contribution is 6.06. The van der Waals surface area contributed by atoms with E-state index >= 15 is 0 Å². The van der Waals surface area contributed by atoms with Gasteiger partial charge < -0.3 is 10.1 Å². The maximum atomic E-state index is 11.2. The van der Waals surface area contributed by atoms with Crippen molar-refractivity contribution in [3.63, 3.8) is 0 Å². The first-order valence-corrected chi connectivity index (χ1v) is 9.09. The molecule has 4 heteroatoms. The third-order valence-electron chi connectivity index (χ3n) is 6.08. The molecule has 2 N–H and O–H groups in total. The molecule has 1 aromatic heterocycles. The molecule has 126 valence electrons. The van der Waals surface area contributed by atoms with Crippen molar-refractivity contribution in [3.05, 3.63) is 35.5 Å². The molecule has 24 heavy (non-hydrogen) atoms. The van der Waals surface area contributed by atoms with Crippen molar-refractivity contribution in [2.45, 2.75) is 45.4 Å². The zero-order valence-electron chi connectivity index (χ0n) is 14.3. The largest absolute Gasteiger partial charge is 0.481 e. The van der Waals surface area contributed by atoms with Gasteiger partial charge in [0.25, 0.3) is 0 Å². The summed E-state index contributed by atoms with van der Waals surface area (Å²) in [6.45, 7) is 4.37. The number of H-pyrrole nitrogens is 1. The number of fused-ring (bicyclic) bond motifs is 4. The summed E-state index contributed by atoms with van der Waals surface area (Å²) in [5.41, 5.74) is 5.27. The van der Waals surface area contributed by atoms with E-state index in [2.05, 4.69) is 40.7 Å². The fourth-order valence-electron chi connectivity index (χ4n) is 4.84. The maximum Gasteiger partial charge on any atom is 0.303 e. The Balaban J connectivity index is 1.88. The first kappa shape index (κ1) is 15.4. The molecule has 0 saturated carbocycles. The molecular formula is C20H25N2O2+. The molecule has 0 spiro atoms. The normalized spacial score (nSPS) is 23.2. The Hall–Kier alpha value is -2.10. The van der Waals surface area contributed by atoms with Crippen molar-refractivity contribution in [3.8, 4) is 0 Å². The summed E-state index contributed by atoms with van der Waals surface area (Å²) in [5, 5.41) is 10.6. The minimum Gasteiger partial charge on any atom is -0.481 e. The van der Waals surface area contributed by atoms with Crippen LogP contribution in [0.5, 0.6) is 0 Å². The summed E-state index contributed by atoms with van der Waals surface area (Å²) in [7, 11) is 0. The lowest BCUT2D eigenvalue weighted by atomic mass is 9.68. The number of hydrogen-bond acceptors (Lipinski definition) is 1. The van der Waals surface area contributed by atoms with E-state index in [-0.39, 0.29) is 11.8 Å². The Labute approximate surface area is 142 Å². The van der Waals surface area contributed by atoms with E-state index in [0.717, 1.165) is 45.2 Å². The molecule has 4 nitrogen and oxygen atoms in total. The molecule has 0 aliphatic carbocycles. The number of rotatable bonds is 4. The van der Waals surface area contributed by atoms with Gasteiger partial charge in [-0.05, 0) is 30.9 Å². The number of nitrogens with one attached hydrogen (secondary N) is 1. The van der Waals surface area contributed by atoms with Crippen LogP contribution >= 0.6 is 0 Å². The molecule has 2 aliphatic heterocycles. The van der Waals surface area contributed by atoms with Crippen LogP contribution in [-0.4, -0.2) is 39.4 Å². The van der Waals surface area contributed by atoms with Crippen LogP contribution in [0.1, 0.15) is 50.3 Å². The number of nitrogens with zero attached hydrogens (tertiary/aromatic N) is 1. The van der Waals surface area contributed by atoms with E-state index < -0.39 is 5.97 Å². The van der Waals surface area contributed by atoms with E-state index in [1.165, 1.54) is 27.9 Å². The fourth-order valence-corrected chi connectivity index (χ4v) is 4.84. The number of hydrogen-bond donors (Lipinski definition) is 2. The van der Waals surface area contributed by atoms with E-state index in [0.29, 0.717) is 0 Å². The van der Waals surface area contributed by atoms with Gasteiger partial charge in [-0.3, -0.25) is 4.79 Å². The zero-order chi connectivity index (χ0) is 16.7. The summed E-state index contributed by atoms with van der Waals surface area (Å²) in [6.07, 6.45) is 5.31. The predicted octanol–water partition coefficient (Wildman–Crippen LogP) is 3.58. The number of carboxylic acid groups (broad SMARTS) is 1. The molecule has 1 unspecified atom stereocenters. The van der Waals surface area contributed by atoms with Crippen molar-refractivity contribution < 1.29 is 14.5 Å². The Morgan fingerprint density at radius 3 is 2.96 bits per heavy atom. The molecule has 0 saturated heterocycles. The summed E-state index contributed by atoms with van der Waals surface area (Å²) in [4.78, 5) is 14.9. The van der Waals surface area contributed by atoms with Gasteiger partial charge in [-0.1, -0.05) is 25.1 Å². The lowest BCUT2D eigenvalue weighted by Crippen LogP contribution is -2.46. The number of aliphatic carboxylic acids is 1. The first-order valence-electron chi connectivity index (χ1n) is 9.09. The van der Waals surface area contributed by atoms with Gasteiger partial charge in [0.15, 0.2) is 0 Å². The molecule has 4 rings (SSSR count). The third-order valence-corrected chi connectivity index (χ3v) is 6.08. The van der Waals surface area contributed by atoms with Crippen LogP contribution in [0.2, 0.25) is 0 Å². The number of carbonyl (C=O) groups is 1. The fraction of sp³-hybridized carbons (Fsp3) is 0.500. The molecular weight excluding hydrogens is 300 g/mol. The molecule has 0 bridgehead atoms. The molecule has 0 fully saturated rings. The number of benzene rings is 1. The van der Waals surface area contributed by atoms with Crippen LogP contribution in [0.25, 0.3) is 10.9 Å². The summed E-state index contributed by atoms with van der Waals surface area (Å²) in [5.74, 6) is -0.687. The lowest BCUT2D eigenvalue weighted by molar-refractivity contribution is -0.538. The van der Waals surface area contributed by atoms with Gasteiger partial charge in [0.05, 0.1) is 5.41 Å². The van der Waals surface area contributed by atoms with Gasteiger partial charge in [-0.15, -0.1) is 0 Å². The van der Waals surface area contributed by atoms with Crippen LogP contribution in [0, 0.1) is 5.41 Å². The summed E-state index contributed by atoms with van der Waals surface area (Å²) >= 11 is 0. The minimum absolute atomic E-state index is 0.00726. The topological polar surface area (TPSA) is 56.1 Å². The highest BCUT2D eigenvalue weighted by atomic mass is 16.4. The molecule has 3 heterocycles. The van der Waals surface area contributed by atoms with E-state index in [4.69, 9.17) is 0 Å². The predicted molar refractivity (Wildman–Crippen MR) is 94.9 cm³/mol. The molecule has 2 aromatic rings. The molecule has 0 radical (unpaired) electrons. The van der Waals surface area contributed by atoms with Gasteiger partial charge in [0.2, 0.25) is 5.71 Å². The second kappa shape index (κ2) is 5.76. The van der Waals surface area contributed by atoms with Crippen LogP contribution in [0.15, 0.2) is 24.3 Å². The van der Waals surface area contributed by atoms with Crippen molar-refractivity contribution >= 4 is 22.6 Å². The van der Waals surface area contributed by atoms with Gasteiger partial charge >= 0.3 is 5.97 Å². The Morgan fingerprint density at radius 2 is 2.17 bits per heavy atom. The van der Waals surface area contributed by atoms with E-state index in [9.17, 15) is 9.90 Å². The third kappa shape index (κ3) is 2.27. The van der Waals surface area contributed by atoms with Crippen molar-refractivity contribution in [1.29, 1.82) is 0 Å². The van der Waals surface area contributed by atoms with Crippen LogP contribution < -0.4 is 0 Å². The number of para-hydroxylation sites is 1. The SMILES string of the molecule is CCC1(CCC(=O)O)CCC[N+]2=C1c1[nH]c3ccccc3c1CC2. The van der Waals surface area contributed by atoms with Crippen molar-refractivity contribution in [2.24, 2.45) is 5.41 Å². The molecule has 1 atom stereocenters. The Kier molecular flexibility index (Phi) is 3.70. The van der Waals surface area contributed by atoms with Crippen molar-refractivity contribution in [2.75, 3.05) is 13.1 Å². The van der Waals surface area contributed by atoms with Gasteiger partial charge in [-0.25, -0.2) is 4.58 Å². The van der Waals surface area contributed by atoms with E-state index in [1.807, 2.05) is 0 Å². The average molecular weight is 325 g/mol. The molecule has 2 aliphatic rings. The maximum absolute atomic E-state index is 11.2. The van der Waals surface area contributed by atoms with Crippen LogP contribution in [0.4, 0.5) is 0 Å². The monoisotopic (exact) mass is 325 g/mol. The minimum atomic E-state index is -0.687. The summed E-state index contributed by atoms with van der Waals surface area (Å²) < 4.78 is 2.52. The smallest absolute Gasteiger partial charge is 0.303 e. The van der Waals surface area contributed by atoms with E-state index in [1.54, 1.807) is 0 Å². The van der Waals surface area contributed by atoms with Gasteiger partial charge in [0, 0.05) is 30.2 Å². The molecule has 1 aromatic carbocycles. The molecule has 0 amide bonds. The zero-order valence-corrected chi connectivity index (χ0v) is 14.3. The standard InChI is InChI=1S/C20H24N2O2/c1-2-20(11-8-17(23)24)10-5-12-22-13-9-15-14-6-3-4-7-16(14)21-18(15)19(20)22/h3-4,6-7H,2,5,8-13H2,1H3,(H,23,24)/p+1. The second-order valence-electron chi connectivity index (χ2n) is 7.24. The van der Waals surface area contributed by atoms with Gasteiger partial charge in [0.1, 0.15) is 18.8 Å². The Morgan fingerprint density at radius 1 is 1.33 bits per heavy atom. The second-order valence-corrected chi connectivity index (χ2v) is 7.24. The highest BCUT2D eigenvalue weighted by Gasteiger charge is 2.47. The lowest BCUT2D eigenvalue weighted by Gasteiger charge is -2.37. The Bertz CT molecular complexity index is 833. The quantitative estimate of drug-likeness (QED) is 0.844.